The molecule has 0 unspecified atom stereocenters. The monoisotopic (exact) mass is 255 g/mol. The van der Waals surface area contributed by atoms with Crippen LogP contribution in [0.3, 0.4) is 0 Å². The fraction of sp³-hybridized carbons (Fsp3) is 0. The lowest BCUT2D eigenvalue weighted by Crippen LogP contribution is -1.74. The van der Waals surface area contributed by atoms with E-state index in [-0.39, 0.29) is 5.82 Å². The van der Waals surface area contributed by atoms with Gasteiger partial charge in [0.25, 0.3) is 0 Å². The molecule has 1 aromatic heterocycles. The fourth-order valence-corrected chi connectivity index (χ4v) is 2.08. The van der Waals surface area contributed by atoms with Gasteiger partial charge in [-0.1, -0.05) is 12.1 Å². The highest BCUT2D eigenvalue weighted by molar-refractivity contribution is 9.11. The van der Waals surface area contributed by atoms with Crippen molar-refractivity contribution >= 4 is 27.3 Å². The van der Waals surface area contributed by atoms with Crippen LogP contribution >= 0.6 is 27.3 Å². The molecule has 0 bridgehead atoms. The lowest BCUT2D eigenvalue weighted by Gasteiger charge is -1.95. The smallest absolute Gasteiger partial charge is 0.123 e. The zero-order valence-corrected chi connectivity index (χ0v) is 8.95. The molecule has 1 aromatic carbocycles. The fourth-order valence-electron chi connectivity index (χ4n) is 1.05. The molecule has 0 aliphatic carbocycles. The van der Waals surface area contributed by atoms with Crippen molar-refractivity contribution in [2.45, 2.75) is 0 Å². The number of hydrogen-bond acceptors (Lipinski definition) is 1. The molecule has 13 heavy (non-hydrogen) atoms. The van der Waals surface area contributed by atoms with Crippen molar-refractivity contribution in [3.63, 3.8) is 0 Å². The molecule has 0 saturated heterocycles. The molecule has 0 aliphatic heterocycles. The Balaban J connectivity index is 2.41. The third-order valence-electron chi connectivity index (χ3n) is 1.67. The highest BCUT2D eigenvalue weighted by atomic mass is 79.9. The number of rotatable bonds is 1. The average molecular weight is 256 g/mol. The Morgan fingerprint density at radius 1 is 1.23 bits per heavy atom. The van der Waals surface area contributed by atoms with E-state index in [4.69, 9.17) is 0 Å². The molecule has 2 rings (SSSR count). The predicted molar refractivity (Wildman–Crippen MR) is 56.2 cm³/mol. The van der Waals surface area contributed by atoms with E-state index < -0.39 is 0 Å². The van der Waals surface area contributed by atoms with Crippen molar-refractivity contribution in [2.75, 3.05) is 0 Å². The minimum Gasteiger partial charge on any atom is -0.207 e. The highest BCUT2D eigenvalue weighted by Gasteiger charge is 2.00. The molecule has 65 valence electrons. The van der Waals surface area contributed by atoms with Crippen molar-refractivity contribution in [3.8, 4) is 11.1 Å². The average Bonchev–Trinajstić information content (AvgIpc) is 2.53. The number of thiophene rings is 1. The second kappa shape index (κ2) is 3.60. The summed E-state index contributed by atoms with van der Waals surface area (Å²) in [6.07, 6.45) is 0. The van der Waals surface area contributed by atoms with Gasteiger partial charge in [-0.15, -0.1) is 11.3 Å². The molecule has 0 nitrogen and oxygen atoms in total. The standard InChI is InChI=1S/C10H5BrFS/c11-10-5-8(6-13-10)7-1-3-9(12)4-2-7/h1-5H. The maximum atomic E-state index is 12.6. The molecule has 1 heterocycles. The van der Waals surface area contributed by atoms with Crippen LogP contribution in [0.4, 0.5) is 4.39 Å². The summed E-state index contributed by atoms with van der Waals surface area (Å²) in [5.41, 5.74) is 1.99. The molecule has 0 atom stereocenters. The molecule has 2 aromatic rings. The van der Waals surface area contributed by atoms with E-state index in [0.717, 1.165) is 14.9 Å². The second-order valence-electron chi connectivity index (χ2n) is 2.57. The molecule has 0 saturated carbocycles. The first kappa shape index (κ1) is 8.91. The summed E-state index contributed by atoms with van der Waals surface area (Å²) >= 11 is 4.86. The third kappa shape index (κ3) is 1.98. The van der Waals surface area contributed by atoms with Crippen molar-refractivity contribution in [1.82, 2.24) is 0 Å². The molecule has 0 amide bonds. The summed E-state index contributed by atoms with van der Waals surface area (Å²) in [4.78, 5) is 0. The Morgan fingerprint density at radius 2 is 1.92 bits per heavy atom. The van der Waals surface area contributed by atoms with Gasteiger partial charge in [0, 0.05) is 5.56 Å². The van der Waals surface area contributed by atoms with Crippen molar-refractivity contribution in [1.29, 1.82) is 0 Å². The zero-order valence-electron chi connectivity index (χ0n) is 6.55. The van der Waals surface area contributed by atoms with Crippen LogP contribution in [0.5, 0.6) is 0 Å². The van der Waals surface area contributed by atoms with Gasteiger partial charge in [0.2, 0.25) is 0 Å². The Labute approximate surface area is 88.2 Å². The van der Waals surface area contributed by atoms with Crippen LogP contribution in [-0.2, 0) is 0 Å². The van der Waals surface area contributed by atoms with E-state index in [0.29, 0.717) is 0 Å². The Hall–Kier alpha value is -0.670. The lowest BCUT2D eigenvalue weighted by molar-refractivity contribution is 0.628. The Morgan fingerprint density at radius 3 is 2.46 bits per heavy atom. The predicted octanol–water partition coefficient (Wildman–Crippen LogP) is 4.12. The van der Waals surface area contributed by atoms with Crippen LogP contribution in [0, 0.1) is 11.2 Å². The van der Waals surface area contributed by atoms with Gasteiger partial charge in [-0.2, -0.15) is 0 Å². The summed E-state index contributed by atoms with van der Waals surface area (Å²) in [7, 11) is 0. The van der Waals surface area contributed by atoms with Crippen LogP contribution in [0.15, 0.2) is 34.1 Å². The Bertz CT molecular complexity index is 405. The molecule has 1 radical (unpaired) electrons. The van der Waals surface area contributed by atoms with Crippen LogP contribution in [0.1, 0.15) is 0 Å². The van der Waals surface area contributed by atoms with Crippen molar-refractivity contribution in [2.24, 2.45) is 0 Å². The minimum absolute atomic E-state index is 0.210. The quantitative estimate of drug-likeness (QED) is 0.720. The first-order valence-corrected chi connectivity index (χ1v) is 5.29. The zero-order chi connectivity index (χ0) is 9.26. The minimum atomic E-state index is -0.210. The van der Waals surface area contributed by atoms with Crippen molar-refractivity contribution < 1.29 is 4.39 Å². The summed E-state index contributed by atoms with van der Waals surface area (Å²) in [5, 5.41) is 3.11. The van der Waals surface area contributed by atoms with Crippen LogP contribution in [0.2, 0.25) is 0 Å². The molecule has 0 spiro atoms. The largest absolute Gasteiger partial charge is 0.207 e. The molecule has 0 N–H and O–H groups in total. The molecular weight excluding hydrogens is 251 g/mol. The second-order valence-corrected chi connectivity index (χ2v) is 4.80. The van der Waals surface area contributed by atoms with Gasteiger partial charge in [0.15, 0.2) is 0 Å². The third-order valence-corrected chi connectivity index (χ3v) is 3.02. The van der Waals surface area contributed by atoms with Crippen molar-refractivity contribution in [3.05, 3.63) is 45.3 Å². The van der Waals surface area contributed by atoms with E-state index in [9.17, 15) is 4.39 Å². The summed E-state index contributed by atoms with van der Waals surface area (Å²) in [6, 6.07) is 8.38. The first-order valence-electron chi connectivity index (χ1n) is 3.68. The molecular formula is C10H5BrFS. The van der Waals surface area contributed by atoms with Gasteiger partial charge in [0.1, 0.15) is 5.82 Å². The summed E-state index contributed by atoms with van der Waals surface area (Å²) < 4.78 is 13.6. The topological polar surface area (TPSA) is 0 Å². The molecule has 0 aliphatic rings. The number of benzene rings is 1. The summed E-state index contributed by atoms with van der Waals surface area (Å²) in [6.45, 7) is 0. The summed E-state index contributed by atoms with van der Waals surface area (Å²) in [5.74, 6) is -0.210. The van der Waals surface area contributed by atoms with E-state index in [2.05, 4.69) is 21.3 Å². The van der Waals surface area contributed by atoms with Gasteiger partial charge in [0.05, 0.1) is 9.17 Å². The lowest BCUT2D eigenvalue weighted by atomic mass is 10.1. The van der Waals surface area contributed by atoms with Crippen LogP contribution in [-0.4, -0.2) is 0 Å². The highest BCUT2D eigenvalue weighted by Crippen LogP contribution is 2.28. The van der Waals surface area contributed by atoms with Gasteiger partial charge in [-0.05, 0) is 39.7 Å². The van der Waals surface area contributed by atoms with E-state index in [1.165, 1.54) is 23.5 Å². The SMILES string of the molecule is Fc1ccc(-c2[c]sc(Br)c2)cc1. The maximum Gasteiger partial charge on any atom is 0.123 e. The van der Waals surface area contributed by atoms with Gasteiger partial charge in [-0.25, -0.2) is 4.39 Å². The Kier molecular flexibility index (Phi) is 2.47. The van der Waals surface area contributed by atoms with E-state index in [1.54, 1.807) is 12.1 Å². The number of hydrogen-bond donors (Lipinski definition) is 0. The molecule has 3 heteroatoms. The molecule has 0 fully saturated rings. The first-order chi connectivity index (χ1) is 6.25. The number of halogens is 2. The van der Waals surface area contributed by atoms with Crippen LogP contribution < -0.4 is 0 Å². The van der Waals surface area contributed by atoms with Crippen LogP contribution in [0.25, 0.3) is 11.1 Å². The van der Waals surface area contributed by atoms with E-state index in [1.807, 2.05) is 6.07 Å². The normalized spacial score (nSPS) is 10.3. The van der Waals surface area contributed by atoms with Gasteiger partial charge >= 0.3 is 0 Å². The van der Waals surface area contributed by atoms with E-state index >= 15 is 0 Å². The maximum absolute atomic E-state index is 12.6. The van der Waals surface area contributed by atoms with Gasteiger partial charge < -0.3 is 0 Å². The van der Waals surface area contributed by atoms with Gasteiger partial charge in [-0.3, -0.25) is 0 Å².